The first-order valence-corrected chi connectivity index (χ1v) is 10.9. The molecule has 0 heterocycles. The van der Waals surface area contributed by atoms with E-state index in [1.165, 1.54) is 83.5 Å². The van der Waals surface area contributed by atoms with Crippen LogP contribution in [0.2, 0.25) is 0 Å². The average molecular weight is 355 g/mol. The number of hydrogen-bond donors (Lipinski definition) is 1. The molecule has 0 aliphatic rings. The maximum Gasteiger partial charge on any atom is 0.314 e. The van der Waals surface area contributed by atoms with Crippen molar-refractivity contribution in [3.63, 3.8) is 0 Å². The van der Waals surface area contributed by atoms with Gasteiger partial charge in [-0.25, -0.2) is 0 Å². The van der Waals surface area contributed by atoms with Crippen molar-refractivity contribution in [2.75, 3.05) is 0 Å². The molecule has 0 aromatic heterocycles. The van der Waals surface area contributed by atoms with Crippen LogP contribution < -0.4 is 0 Å². The van der Waals surface area contributed by atoms with Crippen molar-refractivity contribution >= 4 is 11.8 Å². The van der Waals surface area contributed by atoms with Gasteiger partial charge >= 0.3 is 5.97 Å². The smallest absolute Gasteiger partial charge is 0.314 e. The average Bonchev–Trinajstić information content (AvgIpc) is 2.58. The molecule has 3 heteroatoms. The largest absolute Gasteiger partial charge is 0.481 e. The van der Waals surface area contributed by atoms with E-state index in [0.29, 0.717) is 12.8 Å². The lowest BCUT2D eigenvalue weighted by Crippen LogP contribution is -2.22. The second-order valence-corrected chi connectivity index (χ2v) is 7.47. The summed E-state index contributed by atoms with van der Waals surface area (Å²) in [6, 6.07) is 0. The SMILES string of the molecule is CCCCCCCCCCCCCCCCCC(=O)C(CC)C(=O)O. The highest BCUT2D eigenvalue weighted by molar-refractivity contribution is 5.98. The van der Waals surface area contributed by atoms with Crippen molar-refractivity contribution in [3.8, 4) is 0 Å². The molecule has 1 N–H and O–H groups in total. The third-order valence-corrected chi connectivity index (χ3v) is 5.12. The van der Waals surface area contributed by atoms with Crippen molar-refractivity contribution in [1.82, 2.24) is 0 Å². The Labute approximate surface area is 156 Å². The predicted molar refractivity (Wildman–Crippen MR) is 106 cm³/mol. The molecule has 0 aliphatic carbocycles. The van der Waals surface area contributed by atoms with E-state index in [0.717, 1.165) is 12.8 Å². The van der Waals surface area contributed by atoms with E-state index in [2.05, 4.69) is 6.92 Å². The van der Waals surface area contributed by atoms with Gasteiger partial charge in [0.15, 0.2) is 0 Å². The Morgan fingerprint density at radius 2 is 1.00 bits per heavy atom. The van der Waals surface area contributed by atoms with Gasteiger partial charge in [-0.05, 0) is 12.8 Å². The van der Waals surface area contributed by atoms with Crippen LogP contribution in [0.25, 0.3) is 0 Å². The number of carbonyl (C=O) groups excluding carboxylic acids is 1. The summed E-state index contributed by atoms with van der Waals surface area (Å²) >= 11 is 0. The summed E-state index contributed by atoms with van der Waals surface area (Å²) in [5.74, 6) is -1.84. The third-order valence-electron chi connectivity index (χ3n) is 5.12. The fourth-order valence-electron chi connectivity index (χ4n) is 3.38. The number of carboxylic acids is 1. The van der Waals surface area contributed by atoms with E-state index in [4.69, 9.17) is 5.11 Å². The minimum Gasteiger partial charge on any atom is -0.481 e. The monoisotopic (exact) mass is 354 g/mol. The molecule has 25 heavy (non-hydrogen) atoms. The minimum atomic E-state index is -0.964. The normalized spacial score (nSPS) is 12.2. The van der Waals surface area contributed by atoms with E-state index in [1.54, 1.807) is 6.92 Å². The lowest BCUT2D eigenvalue weighted by atomic mass is 9.96. The molecule has 0 radical (unpaired) electrons. The summed E-state index contributed by atoms with van der Waals surface area (Å²) in [6.07, 6.45) is 20.3. The molecule has 3 nitrogen and oxygen atoms in total. The number of aliphatic carboxylic acids is 1. The Kier molecular flexibility index (Phi) is 17.3. The minimum absolute atomic E-state index is 0.0929. The molecule has 0 aromatic rings. The van der Waals surface area contributed by atoms with Gasteiger partial charge in [-0.2, -0.15) is 0 Å². The predicted octanol–water partition coefficient (Wildman–Crippen LogP) is 6.93. The summed E-state index contributed by atoms with van der Waals surface area (Å²) in [5.41, 5.74) is 0. The van der Waals surface area contributed by atoms with Gasteiger partial charge in [0.2, 0.25) is 0 Å². The maximum absolute atomic E-state index is 11.8. The summed E-state index contributed by atoms with van der Waals surface area (Å²) in [7, 11) is 0. The summed E-state index contributed by atoms with van der Waals surface area (Å²) < 4.78 is 0. The summed E-state index contributed by atoms with van der Waals surface area (Å²) in [6.45, 7) is 4.03. The summed E-state index contributed by atoms with van der Waals surface area (Å²) in [4.78, 5) is 22.7. The topological polar surface area (TPSA) is 54.4 Å². The van der Waals surface area contributed by atoms with Gasteiger partial charge < -0.3 is 5.11 Å². The first kappa shape index (κ1) is 24.1. The standard InChI is InChI=1S/C22H42O3/c1-3-5-6-7-8-9-10-11-12-13-14-15-16-17-18-19-21(23)20(4-2)22(24)25/h20H,3-19H2,1-2H3,(H,24,25). The molecule has 148 valence electrons. The van der Waals surface area contributed by atoms with Crippen LogP contribution in [0.5, 0.6) is 0 Å². The molecule has 0 aromatic carbocycles. The fourth-order valence-corrected chi connectivity index (χ4v) is 3.38. The van der Waals surface area contributed by atoms with Gasteiger partial charge in [-0.15, -0.1) is 0 Å². The van der Waals surface area contributed by atoms with E-state index in [-0.39, 0.29) is 5.78 Å². The van der Waals surface area contributed by atoms with Gasteiger partial charge in [-0.1, -0.05) is 104 Å². The molecule has 0 rings (SSSR count). The molecule has 0 aliphatic heterocycles. The lowest BCUT2D eigenvalue weighted by Gasteiger charge is -2.08. The molecule has 1 unspecified atom stereocenters. The molecule has 0 saturated carbocycles. The van der Waals surface area contributed by atoms with Crippen LogP contribution in [0.4, 0.5) is 0 Å². The van der Waals surface area contributed by atoms with Crippen LogP contribution >= 0.6 is 0 Å². The molecule has 0 saturated heterocycles. The Morgan fingerprint density at radius 1 is 0.640 bits per heavy atom. The second-order valence-electron chi connectivity index (χ2n) is 7.47. The fraction of sp³-hybridized carbons (Fsp3) is 0.909. The van der Waals surface area contributed by atoms with Crippen molar-refractivity contribution in [3.05, 3.63) is 0 Å². The van der Waals surface area contributed by atoms with Crippen molar-refractivity contribution in [2.24, 2.45) is 5.92 Å². The second kappa shape index (κ2) is 17.9. The quantitative estimate of drug-likeness (QED) is 0.202. The van der Waals surface area contributed by atoms with Crippen LogP contribution in [0.3, 0.4) is 0 Å². The number of carboxylic acid groups (broad SMARTS) is 1. The van der Waals surface area contributed by atoms with Crippen LogP contribution in [0.1, 0.15) is 123 Å². The molecular formula is C22H42O3. The number of Topliss-reactive ketones (excluding diaryl/α,β-unsaturated/α-hetero) is 1. The van der Waals surface area contributed by atoms with E-state index in [1.807, 2.05) is 0 Å². The Morgan fingerprint density at radius 3 is 1.32 bits per heavy atom. The van der Waals surface area contributed by atoms with Gasteiger partial charge in [0, 0.05) is 6.42 Å². The number of hydrogen-bond acceptors (Lipinski definition) is 2. The van der Waals surface area contributed by atoms with Crippen molar-refractivity contribution in [2.45, 2.75) is 123 Å². The summed E-state index contributed by atoms with van der Waals surface area (Å²) in [5, 5.41) is 8.95. The van der Waals surface area contributed by atoms with Crippen molar-refractivity contribution in [1.29, 1.82) is 0 Å². The first-order chi connectivity index (χ1) is 12.1. The number of rotatable bonds is 19. The zero-order valence-electron chi connectivity index (χ0n) is 16.9. The Hall–Kier alpha value is -0.860. The van der Waals surface area contributed by atoms with Crippen molar-refractivity contribution < 1.29 is 14.7 Å². The van der Waals surface area contributed by atoms with Gasteiger partial charge in [0.05, 0.1) is 0 Å². The Balaban J connectivity index is 3.26. The van der Waals surface area contributed by atoms with E-state index < -0.39 is 11.9 Å². The highest BCUT2D eigenvalue weighted by Gasteiger charge is 2.22. The maximum atomic E-state index is 11.8. The number of ketones is 1. The van der Waals surface area contributed by atoms with Gasteiger partial charge in [0.25, 0.3) is 0 Å². The molecule has 0 amide bonds. The van der Waals surface area contributed by atoms with Crippen LogP contribution in [0.15, 0.2) is 0 Å². The van der Waals surface area contributed by atoms with Crippen LogP contribution in [0, 0.1) is 5.92 Å². The van der Waals surface area contributed by atoms with Crippen LogP contribution in [-0.2, 0) is 9.59 Å². The molecular weight excluding hydrogens is 312 g/mol. The van der Waals surface area contributed by atoms with E-state index in [9.17, 15) is 9.59 Å². The molecule has 0 fully saturated rings. The van der Waals surface area contributed by atoms with Crippen LogP contribution in [-0.4, -0.2) is 16.9 Å². The Bertz CT molecular complexity index is 325. The zero-order chi connectivity index (χ0) is 18.8. The first-order valence-electron chi connectivity index (χ1n) is 10.9. The highest BCUT2D eigenvalue weighted by Crippen LogP contribution is 2.15. The molecule has 0 spiro atoms. The number of unbranched alkanes of at least 4 members (excludes halogenated alkanes) is 14. The molecule has 0 bridgehead atoms. The third kappa shape index (κ3) is 15.1. The lowest BCUT2D eigenvalue weighted by molar-refractivity contribution is -0.146. The highest BCUT2D eigenvalue weighted by atomic mass is 16.4. The number of carbonyl (C=O) groups is 2. The van der Waals surface area contributed by atoms with Gasteiger partial charge in [0.1, 0.15) is 11.7 Å². The zero-order valence-corrected chi connectivity index (χ0v) is 16.9. The van der Waals surface area contributed by atoms with Gasteiger partial charge in [-0.3, -0.25) is 9.59 Å². The molecule has 1 atom stereocenters. The van der Waals surface area contributed by atoms with E-state index >= 15 is 0 Å².